The SMILES string of the molecule is CC1=CC(C)=C(CC(N)C(N)=O)CC1. The highest BCUT2D eigenvalue weighted by Crippen LogP contribution is 2.26. The van der Waals surface area contributed by atoms with Gasteiger partial charge in [0.25, 0.3) is 0 Å². The quantitative estimate of drug-likeness (QED) is 0.709. The van der Waals surface area contributed by atoms with Gasteiger partial charge in [0.05, 0.1) is 6.04 Å². The number of hydrogen-bond donors (Lipinski definition) is 2. The van der Waals surface area contributed by atoms with Crippen LogP contribution in [-0.2, 0) is 4.79 Å². The molecule has 1 rings (SSSR count). The Morgan fingerprint density at radius 1 is 1.50 bits per heavy atom. The summed E-state index contributed by atoms with van der Waals surface area (Å²) in [6.07, 6.45) is 4.84. The first-order valence-corrected chi connectivity index (χ1v) is 4.91. The van der Waals surface area contributed by atoms with Crippen molar-refractivity contribution in [3.8, 4) is 0 Å². The van der Waals surface area contributed by atoms with Crippen LogP contribution in [0.1, 0.15) is 33.1 Å². The predicted octanol–water partition coefficient (Wildman–Crippen LogP) is 1.25. The van der Waals surface area contributed by atoms with Crippen molar-refractivity contribution in [1.29, 1.82) is 0 Å². The van der Waals surface area contributed by atoms with Crippen LogP contribution >= 0.6 is 0 Å². The summed E-state index contributed by atoms with van der Waals surface area (Å²) >= 11 is 0. The van der Waals surface area contributed by atoms with E-state index in [0.717, 1.165) is 12.8 Å². The van der Waals surface area contributed by atoms with Crippen molar-refractivity contribution >= 4 is 5.91 Å². The summed E-state index contributed by atoms with van der Waals surface area (Å²) in [4.78, 5) is 10.8. The molecule has 0 saturated heterocycles. The highest BCUT2D eigenvalue weighted by molar-refractivity contribution is 5.79. The van der Waals surface area contributed by atoms with Gasteiger partial charge in [-0.1, -0.05) is 22.8 Å². The van der Waals surface area contributed by atoms with Crippen LogP contribution in [0.2, 0.25) is 0 Å². The van der Waals surface area contributed by atoms with E-state index in [4.69, 9.17) is 11.5 Å². The lowest BCUT2D eigenvalue weighted by molar-refractivity contribution is -0.119. The summed E-state index contributed by atoms with van der Waals surface area (Å²) in [7, 11) is 0. The first-order chi connectivity index (χ1) is 6.50. The Balaban J connectivity index is 2.69. The fourth-order valence-corrected chi connectivity index (χ4v) is 1.72. The molecule has 0 heterocycles. The monoisotopic (exact) mass is 194 g/mol. The molecule has 0 aromatic rings. The summed E-state index contributed by atoms with van der Waals surface area (Å²) in [5.74, 6) is -0.420. The van der Waals surface area contributed by atoms with Crippen LogP contribution in [0.4, 0.5) is 0 Å². The number of allylic oxidation sites excluding steroid dienone is 3. The smallest absolute Gasteiger partial charge is 0.234 e. The van der Waals surface area contributed by atoms with E-state index in [1.807, 2.05) is 0 Å². The van der Waals surface area contributed by atoms with Crippen molar-refractivity contribution in [2.75, 3.05) is 0 Å². The minimum Gasteiger partial charge on any atom is -0.368 e. The van der Waals surface area contributed by atoms with Gasteiger partial charge in [-0.05, 0) is 33.1 Å². The number of carbonyl (C=O) groups excluding carboxylic acids is 1. The van der Waals surface area contributed by atoms with Gasteiger partial charge >= 0.3 is 0 Å². The number of carbonyl (C=O) groups is 1. The summed E-state index contributed by atoms with van der Waals surface area (Å²) < 4.78 is 0. The number of primary amides is 1. The molecule has 0 saturated carbocycles. The normalized spacial score (nSPS) is 19.2. The lowest BCUT2D eigenvalue weighted by atomic mass is 9.90. The van der Waals surface area contributed by atoms with Gasteiger partial charge in [0.2, 0.25) is 5.91 Å². The second-order valence-corrected chi connectivity index (χ2v) is 3.99. The van der Waals surface area contributed by atoms with Crippen molar-refractivity contribution in [2.45, 2.75) is 39.2 Å². The van der Waals surface area contributed by atoms with Crippen molar-refractivity contribution in [1.82, 2.24) is 0 Å². The van der Waals surface area contributed by atoms with Crippen LogP contribution in [0.15, 0.2) is 22.8 Å². The maximum Gasteiger partial charge on any atom is 0.234 e. The Morgan fingerprint density at radius 2 is 2.14 bits per heavy atom. The Hall–Kier alpha value is -1.09. The van der Waals surface area contributed by atoms with E-state index < -0.39 is 11.9 Å². The first-order valence-electron chi connectivity index (χ1n) is 4.91. The molecular weight excluding hydrogens is 176 g/mol. The van der Waals surface area contributed by atoms with E-state index in [1.165, 1.54) is 16.7 Å². The molecule has 1 aliphatic carbocycles. The molecule has 0 aromatic heterocycles. The molecule has 78 valence electrons. The van der Waals surface area contributed by atoms with E-state index in [0.29, 0.717) is 6.42 Å². The minimum absolute atomic E-state index is 0.420. The van der Waals surface area contributed by atoms with E-state index in [-0.39, 0.29) is 0 Å². The molecule has 0 spiro atoms. The largest absolute Gasteiger partial charge is 0.368 e. The summed E-state index contributed by atoms with van der Waals surface area (Å²) in [5.41, 5.74) is 14.6. The highest BCUT2D eigenvalue weighted by atomic mass is 16.1. The molecule has 0 fully saturated rings. The van der Waals surface area contributed by atoms with Crippen molar-refractivity contribution in [3.63, 3.8) is 0 Å². The average Bonchev–Trinajstić information content (AvgIpc) is 2.09. The molecule has 1 aliphatic rings. The molecule has 3 nitrogen and oxygen atoms in total. The first kappa shape index (κ1) is 11.0. The van der Waals surface area contributed by atoms with Gasteiger partial charge in [-0.2, -0.15) is 0 Å². The lowest BCUT2D eigenvalue weighted by Gasteiger charge is -2.18. The number of nitrogens with two attached hydrogens (primary N) is 2. The van der Waals surface area contributed by atoms with Crippen molar-refractivity contribution < 1.29 is 4.79 Å². The second kappa shape index (κ2) is 4.42. The zero-order chi connectivity index (χ0) is 10.7. The van der Waals surface area contributed by atoms with E-state index in [1.54, 1.807) is 0 Å². The third kappa shape index (κ3) is 2.70. The van der Waals surface area contributed by atoms with Gasteiger partial charge in [0.15, 0.2) is 0 Å². The topological polar surface area (TPSA) is 69.1 Å². The molecule has 0 aliphatic heterocycles. The van der Waals surface area contributed by atoms with Gasteiger partial charge in [-0.25, -0.2) is 0 Å². The molecule has 0 radical (unpaired) electrons. The third-order valence-corrected chi connectivity index (χ3v) is 2.67. The Morgan fingerprint density at radius 3 is 2.64 bits per heavy atom. The Labute approximate surface area is 84.8 Å². The average molecular weight is 194 g/mol. The van der Waals surface area contributed by atoms with Crippen LogP contribution in [0.25, 0.3) is 0 Å². The van der Waals surface area contributed by atoms with Gasteiger partial charge in [-0.3, -0.25) is 4.79 Å². The Kier molecular flexibility index (Phi) is 3.47. The maximum atomic E-state index is 10.8. The molecule has 4 N–H and O–H groups in total. The molecular formula is C11H18N2O. The van der Waals surface area contributed by atoms with Crippen LogP contribution in [0.3, 0.4) is 0 Å². The molecule has 14 heavy (non-hydrogen) atoms. The lowest BCUT2D eigenvalue weighted by Crippen LogP contribution is -2.36. The van der Waals surface area contributed by atoms with Gasteiger partial charge in [0, 0.05) is 0 Å². The van der Waals surface area contributed by atoms with E-state index in [2.05, 4.69) is 19.9 Å². The predicted molar refractivity (Wildman–Crippen MR) is 57.5 cm³/mol. The van der Waals surface area contributed by atoms with Crippen LogP contribution < -0.4 is 11.5 Å². The van der Waals surface area contributed by atoms with E-state index >= 15 is 0 Å². The highest BCUT2D eigenvalue weighted by Gasteiger charge is 2.15. The summed E-state index contributed by atoms with van der Waals surface area (Å²) in [6, 6.07) is -0.535. The number of rotatable bonds is 3. The maximum absolute atomic E-state index is 10.8. The standard InChI is InChI=1S/C11H18N2O/c1-7-3-4-9(8(2)5-7)6-10(12)11(13)14/h5,10H,3-4,6,12H2,1-2H3,(H2,13,14). The second-order valence-electron chi connectivity index (χ2n) is 3.99. The van der Waals surface area contributed by atoms with Gasteiger partial charge in [0.1, 0.15) is 0 Å². The van der Waals surface area contributed by atoms with E-state index in [9.17, 15) is 4.79 Å². The number of amides is 1. The van der Waals surface area contributed by atoms with Crippen LogP contribution in [-0.4, -0.2) is 11.9 Å². The fourth-order valence-electron chi connectivity index (χ4n) is 1.72. The molecule has 1 atom stereocenters. The van der Waals surface area contributed by atoms with Crippen molar-refractivity contribution in [3.05, 3.63) is 22.8 Å². The summed E-state index contributed by atoms with van der Waals surface area (Å²) in [5, 5.41) is 0. The van der Waals surface area contributed by atoms with Gasteiger partial charge in [-0.15, -0.1) is 0 Å². The zero-order valence-corrected chi connectivity index (χ0v) is 8.84. The van der Waals surface area contributed by atoms with Crippen LogP contribution in [0, 0.1) is 0 Å². The fraction of sp³-hybridized carbons (Fsp3) is 0.545. The third-order valence-electron chi connectivity index (χ3n) is 2.67. The van der Waals surface area contributed by atoms with Gasteiger partial charge < -0.3 is 11.5 Å². The molecule has 0 aromatic carbocycles. The zero-order valence-electron chi connectivity index (χ0n) is 8.84. The number of hydrogen-bond acceptors (Lipinski definition) is 2. The molecule has 0 bridgehead atoms. The molecule has 1 amide bonds. The summed E-state index contributed by atoms with van der Waals surface area (Å²) in [6.45, 7) is 4.18. The van der Waals surface area contributed by atoms with Crippen molar-refractivity contribution in [2.24, 2.45) is 11.5 Å². The van der Waals surface area contributed by atoms with Crippen LogP contribution in [0.5, 0.6) is 0 Å². The minimum atomic E-state index is -0.535. The molecule has 1 unspecified atom stereocenters. The molecule has 3 heteroatoms. The Bertz CT molecular complexity index is 302.